The standard InChI is InChI=1S/C11H12IN3O2.ClH/c12-10-14-9(7-3-11(17,4-7)6-16)8-5-13-1-2-15(8)10;/h1-2,5,7,16-17H,3-4,6H2;1H. The van der Waals surface area contributed by atoms with E-state index in [9.17, 15) is 5.11 Å². The molecule has 1 saturated carbocycles. The van der Waals surface area contributed by atoms with E-state index in [4.69, 9.17) is 5.11 Å². The summed E-state index contributed by atoms with van der Waals surface area (Å²) in [7, 11) is 0. The highest BCUT2D eigenvalue weighted by molar-refractivity contribution is 14.1. The van der Waals surface area contributed by atoms with Crippen molar-refractivity contribution in [2.45, 2.75) is 18.4 Å². The largest absolute Gasteiger partial charge is 1.00 e. The summed E-state index contributed by atoms with van der Waals surface area (Å²) < 4.78 is 0.981. The fourth-order valence-corrected chi connectivity index (χ4v) is 3.23. The van der Waals surface area contributed by atoms with Crippen LogP contribution >= 0.6 is 22.6 Å². The molecule has 1 aliphatic carbocycles. The Morgan fingerprint density at radius 3 is 2.89 bits per heavy atom. The number of allylic oxidation sites excluding steroid dienone is 2. The lowest BCUT2D eigenvalue weighted by Gasteiger charge is -2.41. The van der Waals surface area contributed by atoms with Crippen LogP contribution in [0.5, 0.6) is 0 Å². The van der Waals surface area contributed by atoms with Crippen molar-refractivity contribution in [3.05, 3.63) is 23.8 Å². The highest BCUT2D eigenvalue weighted by Crippen LogP contribution is 2.43. The first-order valence-electron chi connectivity index (χ1n) is 5.52. The number of aliphatic imine (C=N–C) groups is 2. The molecule has 0 amide bonds. The lowest BCUT2D eigenvalue weighted by Crippen LogP contribution is -3.07. The zero-order valence-corrected chi connectivity index (χ0v) is 12.4. The Morgan fingerprint density at radius 1 is 1.50 bits per heavy atom. The predicted molar refractivity (Wildman–Crippen MR) is 71.8 cm³/mol. The normalized spacial score (nSPS) is 36.9. The minimum atomic E-state index is -0.899. The number of hydrogen-bond donors (Lipinski definition) is 3. The summed E-state index contributed by atoms with van der Waals surface area (Å²) >= 11 is 2.22. The van der Waals surface area contributed by atoms with Crippen LogP contribution in [0, 0.1) is 5.92 Å². The Morgan fingerprint density at radius 2 is 2.22 bits per heavy atom. The fraction of sp³-hybridized carbons (Fsp3) is 0.455. The van der Waals surface area contributed by atoms with Crippen LogP contribution in [0.1, 0.15) is 12.8 Å². The summed E-state index contributed by atoms with van der Waals surface area (Å²) in [5.74, 6) is 0.238. The molecule has 0 saturated heterocycles. The zero-order chi connectivity index (χ0) is 12.0. The maximum absolute atomic E-state index is 9.83. The van der Waals surface area contributed by atoms with E-state index in [1.54, 1.807) is 6.20 Å². The molecule has 0 aromatic carbocycles. The summed E-state index contributed by atoms with van der Waals surface area (Å²) in [6.45, 7) is -0.169. The number of amidine groups is 1. The van der Waals surface area contributed by atoms with Gasteiger partial charge in [-0.25, -0.2) is 4.90 Å². The molecule has 0 aromatic heterocycles. The molecule has 2 aliphatic heterocycles. The third kappa shape index (κ3) is 2.16. The van der Waals surface area contributed by atoms with Crippen LogP contribution in [0.2, 0.25) is 0 Å². The first kappa shape index (κ1) is 14.1. The van der Waals surface area contributed by atoms with Gasteiger partial charge >= 0.3 is 0 Å². The summed E-state index contributed by atoms with van der Waals surface area (Å²) in [4.78, 5) is 9.81. The van der Waals surface area contributed by atoms with Crippen LogP contribution in [0.15, 0.2) is 33.8 Å². The van der Waals surface area contributed by atoms with Crippen molar-refractivity contribution in [1.82, 2.24) is 0 Å². The molecule has 0 spiro atoms. The van der Waals surface area contributed by atoms with Crippen molar-refractivity contribution in [2.75, 3.05) is 6.61 Å². The second-order valence-corrected chi connectivity index (χ2v) is 5.72. The number of hydrogen-bond acceptors (Lipinski definition) is 4. The Labute approximate surface area is 125 Å². The summed E-state index contributed by atoms with van der Waals surface area (Å²) in [5.41, 5.74) is 1.18. The van der Waals surface area contributed by atoms with E-state index in [-0.39, 0.29) is 24.9 Å². The van der Waals surface area contributed by atoms with Gasteiger partial charge in [0.15, 0.2) is 5.70 Å². The Balaban J connectivity index is 0.00000120. The summed E-state index contributed by atoms with van der Waals surface area (Å²) in [6.07, 6.45) is 6.72. The van der Waals surface area contributed by atoms with Gasteiger partial charge in [0.25, 0.3) is 3.84 Å². The maximum Gasteiger partial charge on any atom is 0.272 e. The first-order valence-corrected chi connectivity index (χ1v) is 6.60. The van der Waals surface area contributed by atoms with Gasteiger partial charge in [0, 0.05) is 5.92 Å². The van der Waals surface area contributed by atoms with Crippen LogP contribution in [-0.4, -0.2) is 32.5 Å². The number of aliphatic hydroxyl groups excluding tert-OH is 1. The predicted octanol–water partition coefficient (Wildman–Crippen LogP) is -3.42. The van der Waals surface area contributed by atoms with Gasteiger partial charge in [-0.05, 0) is 12.8 Å². The minimum Gasteiger partial charge on any atom is -1.00 e. The molecule has 5 nitrogen and oxygen atoms in total. The molecule has 98 valence electrons. The van der Waals surface area contributed by atoms with E-state index in [0.29, 0.717) is 12.8 Å². The Bertz CT molecular complexity index is 481. The van der Waals surface area contributed by atoms with Crippen molar-refractivity contribution in [3.63, 3.8) is 0 Å². The van der Waals surface area contributed by atoms with Gasteiger partial charge in [-0.2, -0.15) is 4.99 Å². The molecule has 7 heteroatoms. The topological polar surface area (TPSA) is 69.6 Å². The van der Waals surface area contributed by atoms with Crippen LogP contribution in [0.4, 0.5) is 0 Å². The smallest absolute Gasteiger partial charge is 0.272 e. The average Bonchev–Trinajstić information content (AvgIpc) is 2.63. The molecule has 18 heavy (non-hydrogen) atoms. The SMILES string of the molecule is OCC1(O)CC(C2=C3C=NC=C[NH+]3C(I)=N2)C1.[Cl-]. The number of rotatable bonds is 2. The molecule has 0 bridgehead atoms. The van der Waals surface area contributed by atoms with Crippen molar-refractivity contribution >= 4 is 32.6 Å². The van der Waals surface area contributed by atoms with Crippen LogP contribution in [-0.2, 0) is 0 Å². The molecular weight excluding hydrogens is 368 g/mol. The molecule has 1 fully saturated rings. The van der Waals surface area contributed by atoms with Crippen molar-refractivity contribution in [1.29, 1.82) is 0 Å². The zero-order valence-electron chi connectivity index (χ0n) is 9.48. The van der Waals surface area contributed by atoms with Crippen molar-refractivity contribution in [2.24, 2.45) is 15.9 Å². The second-order valence-electron chi connectivity index (χ2n) is 4.70. The highest BCUT2D eigenvalue weighted by Gasteiger charge is 2.47. The molecule has 0 radical (unpaired) electrons. The Kier molecular flexibility index (Phi) is 3.93. The summed E-state index contributed by atoms with van der Waals surface area (Å²) in [5, 5.41) is 18.9. The van der Waals surface area contributed by atoms with Crippen molar-refractivity contribution in [3.8, 4) is 0 Å². The number of nitrogens with one attached hydrogen (secondary N) is 1. The maximum atomic E-state index is 9.83. The number of quaternary nitrogens is 1. The minimum absolute atomic E-state index is 0. The first-order chi connectivity index (χ1) is 8.13. The third-order valence-electron chi connectivity index (χ3n) is 3.47. The number of nitrogens with zero attached hydrogens (tertiary/aromatic N) is 2. The van der Waals surface area contributed by atoms with Gasteiger partial charge in [-0.3, -0.25) is 4.99 Å². The van der Waals surface area contributed by atoms with Crippen LogP contribution < -0.4 is 17.3 Å². The van der Waals surface area contributed by atoms with Gasteiger partial charge in [-0.15, -0.1) is 0 Å². The van der Waals surface area contributed by atoms with Gasteiger partial charge in [0.2, 0.25) is 0 Å². The fourth-order valence-electron chi connectivity index (χ4n) is 2.50. The van der Waals surface area contributed by atoms with E-state index in [1.807, 2.05) is 12.4 Å². The molecule has 2 heterocycles. The van der Waals surface area contributed by atoms with Crippen LogP contribution in [0.25, 0.3) is 0 Å². The van der Waals surface area contributed by atoms with E-state index < -0.39 is 5.60 Å². The average molecular weight is 382 g/mol. The lowest BCUT2D eigenvalue weighted by atomic mass is 9.69. The quantitative estimate of drug-likeness (QED) is 0.344. The van der Waals surface area contributed by atoms with Gasteiger partial charge < -0.3 is 22.6 Å². The molecule has 0 aromatic rings. The van der Waals surface area contributed by atoms with E-state index in [1.165, 1.54) is 0 Å². The second kappa shape index (κ2) is 5.01. The summed E-state index contributed by atoms with van der Waals surface area (Å²) in [6, 6.07) is 0. The molecular formula is C11H13ClIN3O2. The molecule has 3 rings (SSSR count). The number of fused-ring (bicyclic) bond motifs is 1. The van der Waals surface area contributed by atoms with Gasteiger partial charge in [0.05, 0.1) is 47.2 Å². The van der Waals surface area contributed by atoms with Gasteiger partial charge in [0.1, 0.15) is 11.9 Å². The van der Waals surface area contributed by atoms with Crippen molar-refractivity contribution < 1.29 is 27.5 Å². The lowest BCUT2D eigenvalue weighted by molar-refractivity contribution is -0.684. The van der Waals surface area contributed by atoms with Gasteiger partial charge in [-0.1, -0.05) is 0 Å². The number of aliphatic hydroxyl groups is 2. The third-order valence-corrected chi connectivity index (χ3v) is 4.29. The number of halogens is 2. The Hall–Kier alpha value is -0.280. The molecule has 3 N–H and O–H groups in total. The van der Waals surface area contributed by atoms with E-state index in [0.717, 1.165) is 20.1 Å². The van der Waals surface area contributed by atoms with Crippen LogP contribution in [0.3, 0.4) is 0 Å². The molecule has 1 atom stereocenters. The van der Waals surface area contributed by atoms with E-state index >= 15 is 0 Å². The molecule has 3 aliphatic rings. The van der Waals surface area contributed by atoms with E-state index in [2.05, 4.69) is 32.6 Å². The molecule has 1 unspecified atom stereocenters. The highest BCUT2D eigenvalue weighted by atomic mass is 127. The monoisotopic (exact) mass is 381 g/mol.